The molecule has 0 spiro atoms. The number of carbonyl (C=O) groups excluding carboxylic acids is 2. The number of para-hydroxylation sites is 1. The molecule has 0 aliphatic heterocycles. The predicted octanol–water partition coefficient (Wildman–Crippen LogP) is 1.96. The molecule has 2 N–H and O–H groups in total. The second-order valence-corrected chi connectivity index (χ2v) is 5.52. The minimum Gasteiger partial charge on any atom is -0.497 e. The normalized spacial score (nSPS) is 10.1. The summed E-state index contributed by atoms with van der Waals surface area (Å²) in [5.41, 5.74) is 6.14. The van der Waals surface area contributed by atoms with E-state index in [9.17, 15) is 9.59 Å². The Balaban J connectivity index is 1.66. The fourth-order valence-corrected chi connectivity index (χ4v) is 2.36. The van der Waals surface area contributed by atoms with Gasteiger partial charge >= 0.3 is 0 Å². The van der Waals surface area contributed by atoms with Crippen LogP contribution in [0.4, 0.5) is 0 Å². The number of methoxy groups -OCH3 is 2. The monoisotopic (exact) mass is 366 g/mol. The van der Waals surface area contributed by atoms with Crippen molar-refractivity contribution in [3.63, 3.8) is 0 Å². The van der Waals surface area contributed by atoms with E-state index in [4.69, 9.17) is 9.47 Å². The zero-order chi connectivity index (χ0) is 19.2. The van der Waals surface area contributed by atoms with E-state index in [1.165, 1.54) is 32.5 Å². The van der Waals surface area contributed by atoms with Gasteiger partial charge in [-0.05, 0) is 24.3 Å². The summed E-state index contributed by atoms with van der Waals surface area (Å²) in [5, 5.41) is 4.15. The van der Waals surface area contributed by atoms with Gasteiger partial charge in [-0.2, -0.15) is 5.10 Å². The molecular formula is C19H18N4O4. The van der Waals surface area contributed by atoms with E-state index in [1.807, 2.05) is 30.3 Å². The highest BCUT2D eigenvalue weighted by molar-refractivity contribution is 5.99. The molecule has 0 saturated carbocycles. The zero-order valence-electron chi connectivity index (χ0n) is 14.8. The molecule has 27 heavy (non-hydrogen) atoms. The molecule has 2 amide bonds. The van der Waals surface area contributed by atoms with Crippen LogP contribution in [0, 0.1) is 0 Å². The lowest BCUT2D eigenvalue weighted by atomic mass is 10.2. The smallest absolute Gasteiger partial charge is 0.272 e. The van der Waals surface area contributed by atoms with Gasteiger partial charge in [0.25, 0.3) is 11.8 Å². The highest BCUT2D eigenvalue weighted by Gasteiger charge is 2.13. The lowest BCUT2D eigenvalue weighted by Crippen LogP contribution is -2.41. The highest BCUT2D eigenvalue weighted by atomic mass is 16.5. The number of nitrogens with zero attached hydrogens (tertiary/aromatic N) is 2. The molecule has 8 heteroatoms. The Morgan fingerprint density at radius 3 is 2.07 bits per heavy atom. The van der Waals surface area contributed by atoms with E-state index in [0.717, 1.165) is 5.69 Å². The molecule has 0 fully saturated rings. The summed E-state index contributed by atoms with van der Waals surface area (Å²) in [6.07, 6.45) is 2.99. The minimum atomic E-state index is -0.504. The molecule has 0 unspecified atom stereocenters. The molecule has 3 rings (SSSR count). The van der Waals surface area contributed by atoms with Crippen molar-refractivity contribution in [2.75, 3.05) is 14.2 Å². The first kappa shape index (κ1) is 18.0. The molecule has 8 nitrogen and oxygen atoms in total. The predicted molar refractivity (Wildman–Crippen MR) is 98.0 cm³/mol. The zero-order valence-corrected chi connectivity index (χ0v) is 14.8. The topological polar surface area (TPSA) is 94.5 Å². The minimum absolute atomic E-state index is 0.284. The molecule has 1 heterocycles. The van der Waals surface area contributed by atoms with Crippen molar-refractivity contribution in [2.45, 2.75) is 0 Å². The molecule has 0 radical (unpaired) electrons. The average Bonchev–Trinajstić information content (AvgIpc) is 3.22. The molecule has 0 atom stereocenters. The Labute approximate surface area is 155 Å². The maximum atomic E-state index is 12.3. The van der Waals surface area contributed by atoms with Crippen molar-refractivity contribution in [2.24, 2.45) is 0 Å². The average molecular weight is 366 g/mol. The number of carbonyl (C=O) groups is 2. The van der Waals surface area contributed by atoms with E-state index in [2.05, 4.69) is 16.0 Å². The number of hydrogen-bond acceptors (Lipinski definition) is 5. The van der Waals surface area contributed by atoms with Crippen LogP contribution in [0.5, 0.6) is 11.5 Å². The molecule has 3 aromatic rings. The number of benzene rings is 2. The number of amides is 2. The van der Waals surface area contributed by atoms with Crippen molar-refractivity contribution in [3.05, 3.63) is 72.1 Å². The summed E-state index contributed by atoms with van der Waals surface area (Å²) < 4.78 is 11.8. The Morgan fingerprint density at radius 2 is 1.48 bits per heavy atom. The van der Waals surface area contributed by atoms with Crippen LogP contribution in [0.1, 0.15) is 20.7 Å². The van der Waals surface area contributed by atoms with Crippen LogP contribution >= 0.6 is 0 Å². The number of hydrazine groups is 1. The summed E-state index contributed by atoms with van der Waals surface area (Å²) in [6, 6.07) is 14.1. The molecular weight excluding hydrogens is 348 g/mol. The number of nitrogens with one attached hydrogen (secondary N) is 2. The van der Waals surface area contributed by atoms with Gasteiger partial charge in [-0.3, -0.25) is 20.4 Å². The fourth-order valence-electron chi connectivity index (χ4n) is 2.36. The Bertz CT molecular complexity index is 931. The van der Waals surface area contributed by atoms with E-state index < -0.39 is 11.8 Å². The third kappa shape index (κ3) is 4.24. The van der Waals surface area contributed by atoms with E-state index in [-0.39, 0.29) is 5.56 Å². The maximum absolute atomic E-state index is 12.3. The van der Waals surface area contributed by atoms with Crippen LogP contribution in [-0.2, 0) is 0 Å². The summed E-state index contributed by atoms with van der Waals surface area (Å²) in [4.78, 5) is 24.5. The second-order valence-electron chi connectivity index (χ2n) is 5.52. The summed E-state index contributed by atoms with van der Waals surface area (Å²) in [5.74, 6) is -0.0543. The van der Waals surface area contributed by atoms with Gasteiger partial charge in [-0.25, -0.2) is 4.68 Å². The lowest BCUT2D eigenvalue weighted by Gasteiger charge is -2.09. The van der Waals surface area contributed by atoms with Crippen molar-refractivity contribution in [1.29, 1.82) is 0 Å². The maximum Gasteiger partial charge on any atom is 0.272 e. The van der Waals surface area contributed by atoms with Crippen molar-refractivity contribution in [1.82, 2.24) is 20.6 Å². The van der Waals surface area contributed by atoms with Gasteiger partial charge in [0.2, 0.25) is 0 Å². The molecule has 2 aromatic carbocycles. The first-order chi connectivity index (χ1) is 13.1. The Kier molecular flexibility index (Phi) is 5.36. The fraction of sp³-hybridized carbons (Fsp3) is 0.105. The Morgan fingerprint density at radius 1 is 0.889 bits per heavy atom. The number of aromatic nitrogens is 2. The van der Waals surface area contributed by atoms with E-state index in [0.29, 0.717) is 17.1 Å². The Hall–Kier alpha value is -3.81. The van der Waals surface area contributed by atoms with E-state index in [1.54, 1.807) is 16.9 Å². The van der Waals surface area contributed by atoms with Crippen LogP contribution in [0.2, 0.25) is 0 Å². The van der Waals surface area contributed by atoms with Crippen molar-refractivity contribution >= 4 is 11.8 Å². The third-order valence-corrected chi connectivity index (χ3v) is 3.77. The van der Waals surface area contributed by atoms with Gasteiger partial charge in [0, 0.05) is 17.8 Å². The molecule has 1 aromatic heterocycles. The van der Waals surface area contributed by atoms with Crippen LogP contribution in [-0.4, -0.2) is 35.8 Å². The number of rotatable bonds is 5. The van der Waals surface area contributed by atoms with Gasteiger partial charge in [-0.15, -0.1) is 0 Å². The second kappa shape index (κ2) is 8.05. The first-order valence-corrected chi connectivity index (χ1v) is 8.04. The standard InChI is InChI=1S/C19H18N4O4/c1-26-16-8-13(9-17(10-16)27-2)18(24)21-22-19(25)14-11-20-23(12-14)15-6-4-3-5-7-15/h3-12H,1-2H3,(H,21,24)(H,22,25). The van der Waals surface area contributed by atoms with Gasteiger partial charge in [0.1, 0.15) is 11.5 Å². The summed E-state index contributed by atoms with van der Waals surface area (Å²) >= 11 is 0. The number of ether oxygens (including phenoxy) is 2. The van der Waals surface area contributed by atoms with E-state index >= 15 is 0 Å². The molecule has 0 aliphatic carbocycles. The molecule has 138 valence electrons. The molecule has 0 bridgehead atoms. The SMILES string of the molecule is COc1cc(OC)cc(C(=O)NNC(=O)c2cnn(-c3ccccc3)c2)c1. The van der Waals surface area contributed by atoms with Gasteiger partial charge in [0.15, 0.2) is 0 Å². The first-order valence-electron chi connectivity index (χ1n) is 8.04. The summed E-state index contributed by atoms with van der Waals surface area (Å²) in [6.45, 7) is 0. The van der Waals surface area contributed by atoms with Gasteiger partial charge < -0.3 is 9.47 Å². The number of hydrogen-bond donors (Lipinski definition) is 2. The van der Waals surface area contributed by atoms with Gasteiger partial charge in [0.05, 0.1) is 31.7 Å². The van der Waals surface area contributed by atoms with Crippen molar-refractivity contribution in [3.8, 4) is 17.2 Å². The molecule has 0 saturated heterocycles. The lowest BCUT2D eigenvalue weighted by molar-refractivity contribution is 0.0846. The molecule has 0 aliphatic rings. The van der Waals surface area contributed by atoms with Crippen LogP contribution in [0.15, 0.2) is 60.9 Å². The van der Waals surface area contributed by atoms with Crippen LogP contribution < -0.4 is 20.3 Å². The van der Waals surface area contributed by atoms with Crippen LogP contribution in [0.25, 0.3) is 5.69 Å². The third-order valence-electron chi connectivity index (χ3n) is 3.77. The van der Waals surface area contributed by atoms with Gasteiger partial charge in [-0.1, -0.05) is 18.2 Å². The van der Waals surface area contributed by atoms with Crippen molar-refractivity contribution < 1.29 is 19.1 Å². The summed E-state index contributed by atoms with van der Waals surface area (Å²) in [7, 11) is 2.98. The largest absolute Gasteiger partial charge is 0.497 e. The highest BCUT2D eigenvalue weighted by Crippen LogP contribution is 2.22. The quantitative estimate of drug-likeness (QED) is 0.673. The van der Waals surface area contributed by atoms with Crippen LogP contribution in [0.3, 0.4) is 0 Å².